The van der Waals surface area contributed by atoms with E-state index < -0.39 is 0 Å². The first-order valence-corrected chi connectivity index (χ1v) is 4.76. The van der Waals surface area contributed by atoms with Gasteiger partial charge in [-0.05, 0) is 43.9 Å². The van der Waals surface area contributed by atoms with E-state index in [2.05, 4.69) is 6.92 Å². The maximum Gasteiger partial charge on any atom is 0.126 e. The van der Waals surface area contributed by atoms with E-state index in [4.69, 9.17) is 0 Å². The monoisotopic (exact) mass is 152 g/mol. The smallest absolute Gasteiger partial charge is 0.126 e. The van der Waals surface area contributed by atoms with Crippen LogP contribution in [0.3, 0.4) is 0 Å². The summed E-state index contributed by atoms with van der Waals surface area (Å²) in [5, 5.41) is 0. The highest BCUT2D eigenvalue weighted by Crippen LogP contribution is 2.55. The average molecular weight is 152 g/mol. The summed E-state index contributed by atoms with van der Waals surface area (Å²) in [6, 6.07) is 0. The highest BCUT2D eigenvalue weighted by molar-refractivity contribution is 5.60. The van der Waals surface area contributed by atoms with E-state index in [0.717, 1.165) is 18.3 Å². The molecule has 0 radical (unpaired) electrons. The van der Waals surface area contributed by atoms with Gasteiger partial charge in [0.25, 0.3) is 0 Å². The number of hydrogen-bond acceptors (Lipinski definition) is 1. The molecule has 0 aromatic heterocycles. The van der Waals surface area contributed by atoms with Gasteiger partial charge in [-0.25, -0.2) is 0 Å². The Kier molecular flexibility index (Phi) is 1.55. The maximum atomic E-state index is 10.9. The van der Waals surface area contributed by atoms with E-state index in [9.17, 15) is 4.79 Å². The second-order valence-corrected chi connectivity index (χ2v) is 4.34. The lowest BCUT2D eigenvalue weighted by Gasteiger charge is -2.29. The summed E-state index contributed by atoms with van der Waals surface area (Å²) in [6.45, 7) is 2.15. The Morgan fingerprint density at radius 1 is 1.36 bits per heavy atom. The highest BCUT2D eigenvalue weighted by Gasteiger charge is 2.47. The van der Waals surface area contributed by atoms with Gasteiger partial charge in [0.2, 0.25) is 0 Å². The zero-order chi connectivity index (χ0) is 7.90. The van der Waals surface area contributed by atoms with Crippen molar-refractivity contribution in [2.75, 3.05) is 0 Å². The third kappa shape index (κ3) is 0.935. The van der Waals surface area contributed by atoms with Gasteiger partial charge in [0, 0.05) is 5.41 Å². The number of hydrogen-bond donors (Lipinski definition) is 0. The van der Waals surface area contributed by atoms with Gasteiger partial charge in [-0.2, -0.15) is 0 Å². The van der Waals surface area contributed by atoms with Gasteiger partial charge in [0.1, 0.15) is 6.29 Å². The van der Waals surface area contributed by atoms with Crippen molar-refractivity contribution in [1.29, 1.82) is 0 Å². The Labute approximate surface area is 68.2 Å². The van der Waals surface area contributed by atoms with Crippen LogP contribution in [0.2, 0.25) is 0 Å². The van der Waals surface area contributed by atoms with E-state index in [1.807, 2.05) is 0 Å². The van der Waals surface area contributed by atoms with Crippen LogP contribution >= 0.6 is 0 Å². The number of carbonyl (C=O) groups excluding carboxylic acids is 1. The molecule has 2 rings (SSSR count). The van der Waals surface area contributed by atoms with Gasteiger partial charge in [-0.15, -0.1) is 0 Å². The third-order valence-electron chi connectivity index (χ3n) is 3.87. The first-order valence-electron chi connectivity index (χ1n) is 4.76. The van der Waals surface area contributed by atoms with Crippen LogP contribution in [-0.4, -0.2) is 6.29 Å². The molecule has 0 aromatic carbocycles. The van der Waals surface area contributed by atoms with Gasteiger partial charge in [-0.1, -0.05) is 6.92 Å². The van der Waals surface area contributed by atoms with Crippen LogP contribution in [0.4, 0.5) is 0 Å². The molecule has 0 saturated heterocycles. The Balaban J connectivity index is 2.09. The molecule has 0 bridgehead atoms. The zero-order valence-electron chi connectivity index (χ0n) is 7.18. The molecule has 0 N–H and O–H groups in total. The predicted octanol–water partition coefficient (Wildman–Crippen LogP) is 2.40. The Bertz CT molecular complexity index is 162. The molecular formula is C10H16O. The fourth-order valence-corrected chi connectivity index (χ4v) is 2.77. The lowest BCUT2D eigenvalue weighted by molar-refractivity contribution is -0.116. The van der Waals surface area contributed by atoms with Crippen molar-refractivity contribution in [1.82, 2.24) is 0 Å². The first-order chi connectivity index (χ1) is 5.29. The molecule has 0 unspecified atom stereocenters. The molecule has 2 aliphatic carbocycles. The molecule has 2 aliphatic rings. The summed E-state index contributed by atoms with van der Waals surface area (Å²) >= 11 is 0. The summed E-state index contributed by atoms with van der Waals surface area (Å²) in [5.74, 6) is 1.83. The molecule has 0 spiro atoms. The van der Waals surface area contributed by atoms with Gasteiger partial charge < -0.3 is 4.79 Å². The van der Waals surface area contributed by atoms with E-state index in [-0.39, 0.29) is 5.41 Å². The van der Waals surface area contributed by atoms with Gasteiger partial charge >= 0.3 is 0 Å². The third-order valence-corrected chi connectivity index (χ3v) is 3.87. The van der Waals surface area contributed by atoms with E-state index in [1.165, 1.54) is 32.0 Å². The van der Waals surface area contributed by atoms with Crippen LogP contribution in [0.1, 0.15) is 39.0 Å². The molecule has 2 fully saturated rings. The second kappa shape index (κ2) is 2.33. The van der Waals surface area contributed by atoms with Gasteiger partial charge in [-0.3, -0.25) is 0 Å². The maximum absolute atomic E-state index is 10.9. The lowest BCUT2D eigenvalue weighted by Crippen LogP contribution is -2.18. The Morgan fingerprint density at radius 2 is 1.91 bits per heavy atom. The number of aldehydes is 1. The van der Waals surface area contributed by atoms with Crippen LogP contribution in [0.5, 0.6) is 0 Å². The fraction of sp³-hybridized carbons (Fsp3) is 0.900. The van der Waals surface area contributed by atoms with Crippen LogP contribution in [0.15, 0.2) is 0 Å². The molecule has 1 nitrogen and oxygen atoms in total. The number of rotatable bonds is 2. The minimum absolute atomic E-state index is 0.103. The minimum Gasteiger partial charge on any atom is -0.303 e. The van der Waals surface area contributed by atoms with E-state index >= 15 is 0 Å². The van der Waals surface area contributed by atoms with Crippen molar-refractivity contribution in [3.8, 4) is 0 Å². The predicted molar refractivity (Wildman–Crippen MR) is 44.2 cm³/mol. The molecule has 2 saturated carbocycles. The molecule has 11 heavy (non-hydrogen) atoms. The largest absolute Gasteiger partial charge is 0.303 e. The average Bonchev–Trinajstić information content (AvgIpc) is 2.27. The minimum atomic E-state index is 0.103. The molecule has 62 valence electrons. The summed E-state index contributed by atoms with van der Waals surface area (Å²) in [5.41, 5.74) is 0.103. The van der Waals surface area contributed by atoms with Gasteiger partial charge in [0.05, 0.1) is 0 Å². The second-order valence-electron chi connectivity index (χ2n) is 4.34. The molecule has 0 heterocycles. The molecule has 0 aromatic rings. The SMILES string of the molecule is CC[C@@]1(C=O)C[C@H]2CC[C@H]2C1. The lowest BCUT2D eigenvalue weighted by atomic mass is 9.77. The summed E-state index contributed by atoms with van der Waals surface area (Å²) in [6.07, 6.45) is 7.45. The number of carbonyl (C=O) groups is 1. The zero-order valence-corrected chi connectivity index (χ0v) is 7.18. The van der Waals surface area contributed by atoms with Crippen molar-refractivity contribution in [3.05, 3.63) is 0 Å². The van der Waals surface area contributed by atoms with Crippen molar-refractivity contribution in [2.24, 2.45) is 17.3 Å². The van der Waals surface area contributed by atoms with Crippen LogP contribution < -0.4 is 0 Å². The summed E-state index contributed by atoms with van der Waals surface area (Å²) in [7, 11) is 0. The van der Waals surface area contributed by atoms with Crippen molar-refractivity contribution in [2.45, 2.75) is 39.0 Å². The topological polar surface area (TPSA) is 17.1 Å². The summed E-state index contributed by atoms with van der Waals surface area (Å²) < 4.78 is 0. The van der Waals surface area contributed by atoms with Gasteiger partial charge in [0.15, 0.2) is 0 Å². The fourth-order valence-electron chi connectivity index (χ4n) is 2.77. The van der Waals surface area contributed by atoms with Crippen LogP contribution in [0, 0.1) is 17.3 Å². The van der Waals surface area contributed by atoms with E-state index in [0.29, 0.717) is 0 Å². The van der Waals surface area contributed by atoms with Crippen LogP contribution in [-0.2, 0) is 4.79 Å². The molecule has 3 atom stereocenters. The summed E-state index contributed by atoms with van der Waals surface area (Å²) in [4.78, 5) is 10.9. The van der Waals surface area contributed by atoms with Crippen molar-refractivity contribution in [3.63, 3.8) is 0 Å². The highest BCUT2D eigenvalue weighted by atomic mass is 16.1. The molecule has 0 amide bonds. The standard InChI is InChI=1S/C10H16O/c1-2-10(7-11)5-8-3-4-9(8)6-10/h7-9H,2-6H2,1H3/t8-,9+,10-. The first kappa shape index (κ1) is 7.33. The van der Waals surface area contributed by atoms with Crippen molar-refractivity contribution < 1.29 is 4.79 Å². The molecule has 0 aliphatic heterocycles. The quantitative estimate of drug-likeness (QED) is 0.555. The molecule has 1 heteroatoms. The Morgan fingerprint density at radius 3 is 2.18 bits per heavy atom. The Hall–Kier alpha value is -0.330. The normalized spacial score (nSPS) is 48.1. The number of fused-ring (bicyclic) bond motifs is 1. The van der Waals surface area contributed by atoms with Crippen molar-refractivity contribution >= 4 is 6.29 Å². The van der Waals surface area contributed by atoms with E-state index in [1.54, 1.807) is 0 Å². The molecular weight excluding hydrogens is 136 g/mol. The van der Waals surface area contributed by atoms with Crippen LogP contribution in [0.25, 0.3) is 0 Å².